The largest absolute Gasteiger partial charge is 0.309 e. The van der Waals surface area contributed by atoms with Crippen LogP contribution in [0.1, 0.15) is 12.5 Å². The lowest BCUT2D eigenvalue weighted by Crippen LogP contribution is -2.15. The van der Waals surface area contributed by atoms with Crippen LogP contribution < -0.4 is 5.32 Å². The zero-order valence-electron chi connectivity index (χ0n) is 10.1. The fourth-order valence-corrected chi connectivity index (χ4v) is 1.24. The molecule has 0 aliphatic carbocycles. The van der Waals surface area contributed by atoms with E-state index in [1.54, 1.807) is 0 Å². The van der Waals surface area contributed by atoms with Crippen molar-refractivity contribution in [3.63, 3.8) is 0 Å². The van der Waals surface area contributed by atoms with Crippen LogP contribution in [-0.2, 0) is 6.54 Å². The van der Waals surface area contributed by atoms with Crippen LogP contribution in [0.4, 0.5) is 0 Å². The smallest absolute Gasteiger partial charge is 0.0208 e. The van der Waals surface area contributed by atoms with E-state index in [2.05, 4.69) is 55.4 Å². The van der Waals surface area contributed by atoms with Gasteiger partial charge in [0.2, 0.25) is 0 Å². The molecule has 1 rings (SSSR count). The number of hydrogen-bond donors (Lipinski definition) is 1. The fraction of sp³-hybridized carbons (Fsp3) is 0.200. The van der Waals surface area contributed by atoms with Gasteiger partial charge in [-0.15, -0.1) is 13.2 Å². The lowest BCUT2D eigenvalue weighted by Gasteiger charge is -2.04. The first-order valence-electron chi connectivity index (χ1n) is 5.39. The van der Waals surface area contributed by atoms with Crippen molar-refractivity contribution < 1.29 is 0 Å². The van der Waals surface area contributed by atoms with Crippen LogP contribution in [0.5, 0.6) is 0 Å². The molecular weight excluding hydrogens is 194 g/mol. The van der Waals surface area contributed by atoms with Gasteiger partial charge in [0, 0.05) is 13.1 Å². The third kappa shape index (κ3) is 5.99. The van der Waals surface area contributed by atoms with Gasteiger partial charge >= 0.3 is 0 Å². The van der Waals surface area contributed by atoms with Crippen molar-refractivity contribution in [3.8, 4) is 0 Å². The van der Waals surface area contributed by atoms with Crippen LogP contribution in [-0.4, -0.2) is 6.54 Å². The SMILES string of the molecule is C=C.C=C/C(=C\C)CNCc1ccccc1. The fourth-order valence-electron chi connectivity index (χ4n) is 1.24. The van der Waals surface area contributed by atoms with Gasteiger partial charge in [0.15, 0.2) is 0 Å². The van der Waals surface area contributed by atoms with E-state index in [0.29, 0.717) is 0 Å². The molecule has 0 aliphatic heterocycles. The van der Waals surface area contributed by atoms with Crippen molar-refractivity contribution >= 4 is 0 Å². The zero-order chi connectivity index (χ0) is 12.2. The Balaban J connectivity index is 0.00000106. The summed E-state index contributed by atoms with van der Waals surface area (Å²) in [6.45, 7) is 13.6. The average Bonchev–Trinajstić information content (AvgIpc) is 2.38. The third-order valence-corrected chi connectivity index (χ3v) is 2.13. The molecule has 0 saturated heterocycles. The van der Waals surface area contributed by atoms with Crippen LogP contribution in [0.15, 0.2) is 67.8 Å². The van der Waals surface area contributed by atoms with Gasteiger partial charge in [-0.05, 0) is 18.1 Å². The Bertz CT molecular complexity index is 311. The van der Waals surface area contributed by atoms with E-state index >= 15 is 0 Å². The van der Waals surface area contributed by atoms with Crippen molar-refractivity contribution in [3.05, 3.63) is 73.4 Å². The highest BCUT2D eigenvalue weighted by Crippen LogP contribution is 1.98. The van der Waals surface area contributed by atoms with Crippen LogP contribution in [0, 0.1) is 0 Å². The summed E-state index contributed by atoms with van der Waals surface area (Å²) in [4.78, 5) is 0. The predicted octanol–water partition coefficient (Wildman–Crippen LogP) is 3.71. The summed E-state index contributed by atoms with van der Waals surface area (Å²) in [5, 5.41) is 3.36. The molecule has 0 heterocycles. The van der Waals surface area contributed by atoms with Crippen molar-refractivity contribution in [2.24, 2.45) is 0 Å². The molecule has 0 saturated carbocycles. The molecule has 1 aromatic rings. The second-order valence-electron chi connectivity index (χ2n) is 3.16. The summed E-state index contributed by atoms with van der Waals surface area (Å²) in [5.74, 6) is 0. The summed E-state index contributed by atoms with van der Waals surface area (Å²) in [6.07, 6.45) is 3.96. The van der Waals surface area contributed by atoms with Gasteiger partial charge in [0.05, 0.1) is 0 Å². The Morgan fingerprint density at radius 2 is 1.88 bits per heavy atom. The molecule has 0 aromatic heterocycles. The quantitative estimate of drug-likeness (QED) is 0.583. The molecule has 0 unspecified atom stereocenters. The Kier molecular flexibility index (Phi) is 8.94. The van der Waals surface area contributed by atoms with Crippen LogP contribution in [0.2, 0.25) is 0 Å². The first kappa shape index (κ1) is 14.4. The van der Waals surface area contributed by atoms with Gasteiger partial charge < -0.3 is 5.32 Å². The molecule has 1 heteroatoms. The second kappa shape index (κ2) is 9.94. The Morgan fingerprint density at radius 1 is 1.25 bits per heavy atom. The molecule has 0 atom stereocenters. The summed E-state index contributed by atoms with van der Waals surface area (Å²) in [6, 6.07) is 10.4. The third-order valence-electron chi connectivity index (χ3n) is 2.13. The molecule has 0 bridgehead atoms. The lowest BCUT2D eigenvalue weighted by atomic mass is 10.2. The molecule has 0 aliphatic rings. The summed E-state index contributed by atoms with van der Waals surface area (Å²) in [7, 11) is 0. The highest BCUT2D eigenvalue weighted by atomic mass is 14.8. The van der Waals surface area contributed by atoms with E-state index in [0.717, 1.165) is 13.1 Å². The molecule has 86 valence electrons. The monoisotopic (exact) mass is 215 g/mol. The summed E-state index contributed by atoms with van der Waals surface area (Å²) in [5.41, 5.74) is 2.55. The molecule has 1 nitrogen and oxygen atoms in total. The lowest BCUT2D eigenvalue weighted by molar-refractivity contribution is 0.747. The van der Waals surface area contributed by atoms with E-state index in [1.165, 1.54) is 11.1 Å². The van der Waals surface area contributed by atoms with Gasteiger partial charge in [-0.1, -0.05) is 49.1 Å². The van der Waals surface area contributed by atoms with Crippen molar-refractivity contribution in [2.75, 3.05) is 6.54 Å². The van der Waals surface area contributed by atoms with Gasteiger partial charge in [-0.25, -0.2) is 0 Å². The zero-order valence-corrected chi connectivity index (χ0v) is 10.1. The second-order valence-corrected chi connectivity index (χ2v) is 3.16. The van der Waals surface area contributed by atoms with E-state index < -0.39 is 0 Å². The van der Waals surface area contributed by atoms with Crippen LogP contribution in [0.25, 0.3) is 0 Å². The number of nitrogens with one attached hydrogen (secondary N) is 1. The maximum atomic E-state index is 3.75. The average molecular weight is 215 g/mol. The molecular formula is C15H21N. The molecule has 0 fully saturated rings. The normalized spacial score (nSPS) is 10.2. The van der Waals surface area contributed by atoms with Crippen molar-refractivity contribution in [1.82, 2.24) is 5.32 Å². The minimum atomic E-state index is 0.884. The first-order chi connectivity index (χ1) is 7.86. The molecule has 0 spiro atoms. The van der Waals surface area contributed by atoms with E-state index in [1.807, 2.05) is 19.1 Å². The van der Waals surface area contributed by atoms with E-state index in [-0.39, 0.29) is 0 Å². The number of benzene rings is 1. The Morgan fingerprint density at radius 3 is 2.38 bits per heavy atom. The van der Waals surface area contributed by atoms with Gasteiger partial charge in [0.25, 0.3) is 0 Å². The maximum Gasteiger partial charge on any atom is 0.0208 e. The van der Waals surface area contributed by atoms with Crippen molar-refractivity contribution in [1.29, 1.82) is 0 Å². The first-order valence-corrected chi connectivity index (χ1v) is 5.39. The molecule has 16 heavy (non-hydrogen) atoms. The van der Waals surface area contributed by atoms with E-state index in [9.17, 15) is 0 Å². The van der Waals surface area contributed by atoms with E-state index in [4.69, 9.17) is 0 Å². The Labute approximate surface area is 99.2 Å². The topological polar surface area (TPSA) is 12.0 Å². The number of allylic oxidation sites excluding steroid dienone is 1. The van der Waals surface area contributed by atoms with Crippen LogP contribution >= 0.6 is 0 Å². The minimum Gasteiger partial charge on any atom is -0.309 e. The van der Waals surface area contributed by atoms with Gasteiger partial charge in [-0.3, -0.25) is 0 Å². The molecule has 0 amide bonds. The molecule has 1 N–H and O–H groups in total. The highest BCUT2D eigenvalue weighted by molar-refractivity contribution is 5.18. The predicted molar refractivity (Wildman–Crippen MR) is 73.4 cm³/mol. The van der Waals surface area contributed by atoms with Crippen LogP contribution in [0.3, 0.4) is 0 Å². The van der Waals surface area contributed by atoms with Gasteiger partial charge in [0.1, 0.15) is 0 Å². The van der Waals surface area contributed by atoms with Crippen molar-refractivity contribution in [2.45, 2.75) is 13.5 Å². The highest BCUT2D eigenvalue weighted by Gasteiger charge is 1.91. The standard InChI is InChI=1S/C13H17N.C2H4/c1-3-12(4-2)10-14-11-13-8-6-5-7-9-13;1-2/h3-9,14H,1,10-11H2,2H3;1-2H2/b12-4+;. The molecule has 0 radical (unpaired) electrons. The Hall–Kier alpha value is -1.60. The number of hydrogen-bond acceptors (Lipinski definition) is 1. The number of rotatable bonds is 5. The summed E-state index contributed by atoms with van der Waals surface area (Å²) < 4.78 is 0. The molecule has 1 aromatic carbocycles. The maximum absolute atomic E-state index is 3.75. The van der Waals surface area contributed by atoms with Gasteiger partial charge in [-0.2, -0.15) is 0 Å². The summed E-state index contributed by atoms with van der Waals surface area (Å²) >= 11 is 0. The minimum absolute atomic E-state index is 0.884.